The van der Waals surface area contributed by atoms with Crippen molar-refractivity contribution in [2.24, 2.45) is 22.6 Å². The fourth-order valence-corrected chi connectivity index (χ4v) is 5.85. The molecule has 4 rings (SSSR count). The number of nitrogens with two attached hydrogens (primary N) is 1. The van der Waals surface area contributed by atoms with Crippen LogP contribution in [0.1, 0.15) is 32.6 Å². The number of likely N-dealkylation sites (tertiary alicyclic amines) is 1. The molecule has 33 heavy (non-hydrogen) atoms. The lowest BCUT2D eigenvalue weighted by atomic mass is 9.78. The number of rotatable bonds is 6. The fourth-order valence-electron chi connectivity index (χ4n) is 4.76. The highest BCUT2D eigenvalue weighted by Gasteiger charge is 2.27. The zero-order valence-electron chi connectivity index (χ0n) is 19.5. The van der Waals surface area contributed by atoms with Crippen LogP contribution in [0.15, 0.2) is 87.4 Å². The van der Waals surface area contributed by atoms with Gasteiger partial charge in [0.25, 0.3) is 0 Å². The normalized spacial score (nSPS) is 27.3. The molecule has 2 aliphatic carbocycles. The third-order valence-corrected chi connectivity index (χ3v) is 8.03. The molecule has 0 saturated carbocycles. The van der Waals surface area contributed by atoms with Crippen molar-refractivity contribution < 1.29 is 4.39 Å². The summed E-state index contributed by atoms with van der Waals surface area (Å²) in [7, 11) is 0. The van der Waals surface area contributed by atoms with Crippen molar-refractivity contribution in [3.63, 3.8) is 0 Å². The number of allylic oxidation sites excluding steroid dienone is 11. The Kier molecular flexibility index (Phi) is 8.10. The minimum Gasteiger partial charge on any atom is -0.400 e. The number of hydrogen-bond acceptors (Lipinski definition) is 5. The molecule has 0 radical (unpaired) electrons. The number of piperidine rings is 1. The second kappa shape index (κ2) is 11.2. The molecule has 0 aromatic rings. The summed E-state index contributed by atoms with van der Waals surface area (Å²) in [6.45, 7) is 9.84. The molecule has 4 aliphatic rings. The lowest BCUT2D eigenvalue weighted by molar-refractivity contribution is 0.200. The standard InChI is InChI=1S/C27H35FN4S/c1-19-6-5-9-24(20(19)2)21-10-13-32(14-11-21)18-31-26-12-15-33-27(26)25(29)17-30-23-8-4-3-7-22(28)16-23/h4-9,16,20-21,30H,1,3,10-15,17-18,29H2,2H3/b27-25+,31-26-. The van der Waals surface area contributed by atoms with Crippen molar-refractivity contribution >= 4 is 17.5 Å². The highest BCUT2D eigenvalue weighted by molar-refractivity contribution is 8.04. The molecule has 176 valence electrons. The van der Waals surface area contributed by atoms with Gasteiger partial charge in [0.2, 0.25) is 0 Å². The van der Waals surface area contributed by atoms with Gasteiger partial charge in [0.1, 0.15) is 5.83 Å². The number of nitrogens with one attached hydrogen (secondary N) is 1. The maximum Gasteiger partial charge on any atom is 0.121 e. The molecule has 4 nitrogen and oxygen atoms in total. The summed E-state index contributed by atoms with van der Waals surface area (Å²) >= 11 is 1.78. The van der Waals surface area contributed by atoms with E-state index in [0.717, 1.165) is 53.9 Å². The van der Waals surface area contributed by atoms with Gasteiger partial charge in [-0.25, -0.2) is 4.39 Å². The van der Waals surface area contributed by atoms with Crippen LogP contribution in [0.2, 0.25) is 0 Å². The quantitative estimate of drug-likeness (QED) is 0.552. The van der Waals surface area contributed by atoms with Crippen LogP contribution >= 0.6 is 11.8 Å². The lowest BCUT2D eigenvalue weighted by Gasteiger charge is -2.35. The van der Waals surface area contributed by atoms with E-state index in [2.05, 4.69) is 41.9 Å². The van der Waals surface area contributed by atoms with Crippen LogP contribution in [0, 0.1) is 11.8 Å². The molecule has 2 saturated heterocycles. The molecule has 3 N–H and O–H groups in total. The molecule has 1 atom stereocenters. The minimum absolute atomic E-state index is 0.217. The second-order valence-electron chi connectivity index (χ2n) is 9.09. The molecule has 0 bridgehead atoms. The summed E-state index contributed by atoms with van der Waals surface area (Å²) in [5.74, 6) is 1.91. The van der Waals surface area contributed by atoms with E-state index in [-0.39, 0.29) is 5.83 Å². The summed E-state index contributed by atoms with van der Waals surface area (Å²) in [6.07, 6.45) is 17.4. The summed E-state index contributed by atoms with van der Waals surface area (Å²) < 4.78 is 13.6. The molecule has 0 amide bonds. The van der Waals surface area contributed by atoms with Crippen molar-refractivity contribution in [2.45, 2.75) is 32.6 Å². The monoisotopic (exact) mass is 466 g/mol. The number of hydrogen-bond donors (Lipinski definition) is 2. The zero-order chi connectivity index (χ0) is 23.2. The van der Waals surface area contributed by atoms with E-state index in [1.54, 1.807) is 23.4 Å². The topological polar surface area (TPSA) is 53.6 Å². The Morgan fingerprint density at radius 3 is 2.97 bits per heavy atom. The lowest BCUT2D eigenvalue weighted by Crippen LogP contribution is -2.35. The molecule has 2 fully saturated rings. The summed E-state index contributed by atoms with van der Waals surface area (Å²) in [5.41, 5.74) is 11.8. The van der Waals surface area contributed by atoms with E-state index in [9.17, 15) is 4.39 Å². The van der Waals surface area contributed by atoms with E-state index >= 15 is 0 Å². The first-order valence-electron chi connectivity index (χ1n) is 11.9. The highest BCUT2D eigenvalue weighted by atomic mass is 32.2. The van der Waals surface area contributed by atoms with Crippen LogP contribution in [-0.2, 0) is 0 Å². The van der Waals surface area contributed by atoms with Gasteiger partial charge in [-0.1, -0.05) is 43.4 Å². The summed E-state index contributed by atoms with van der Waals surface area (Å²) in [6, 6.07) is 0. The third kappa shape index (κ3) is 6.18. The van der Waals surface area contributed by atoms with Crippen molar-refractivity contribution in [1.82, 2.24) is 10.2 Å². The summed E-state index contributed by atoms with van der Waals surface area (Å²) in [4.78, 5) is 8.50. The Balaban J connectivity index is 1.31. The van der Waals surface area contributed by atoms with Gasteiger partial charge in [0.15, 0.2) is 0 Å². The predicted molar refractivity (Wildman–Crippen MR) is 139 cm³/mol. The van der Waals surface area contributed by atoms with Gasteiger partial charge in [-0.3, -0.25) is 9.89 Å². The van der Waals surface area contributed by atoms with Crippen molar-refractivity contribution in [1.29, 1.82) is 0 Å². The minimum atomic E-state index is -0.217. The Morgan fingerprint density at radius 2 is 2.15 bits per heavy atom. The number of aliphatic imine (C=N–C) groups is 1. The van der Waals surface area contributed by atoms with Crippen LogP contribution in [0.3, 0.4) is 0 Å². The average Bonchev–Trinajstić information content (AvgIpc) is 3.19. The predicted octanol–water partition coefficient (Wildman–Crippen LogP) is 5.38. The first kappa shape index (κ1) is 23.8. The van der Waals surface area contributed by atoms with Crippen LogP contribution in [0.5, 0.6) is 0 Å². The fraction of sp³-hybridized carbons (Fsp3) is 0.444. The Labute approximate surface area is 201 Å². The van der Waals surface area contributed by atoms with Gasteiger partial charge in [-0.2, -0.15) is 0 Å². The van der Waals surface area contributed by atoms with E-state index in [0.29, 0.717) is 24.8 Å². The average molecular weight is 467 g/mol. The van der Waals surface area contributed by atoms with E-state index in [4.69, 9.17) is 10.7 Å². The molecular formula is C27H35FN4S. The number of halogens is 1. The summed E-state index contributed by atoms with van der Waals surface area (Å²) in [5, 5.41) is 3.25. The van der Waals surface area contributed by atoms with Gasteiger partial charge < -0.3 is 11.1 Å². The van der Waals surface area contributed by atoms with Crippen molar-refractivity contribution in [3.05, 3.63) is 82.4 Å². The SMILES string of the molecule is C=C1C=CC=C(C2CCN(C/N=C3/CCS/C3=C(/N)CNC3=CC(F)=CCC=C3)CC2)C1C. The molecule has 0 aromatic carbocycles. The Hall–Kier alpha value is -2.31. The second-order valence-corrected chi connectivity index (χ2v) is 10.2. The van der Waals surface area contributed by atoms with Crippen molar-refractivity contribution in [3.8, 4) is 0 Å². The molecule has 0 aromatic heterocycles. The first-order chi connectivity index (χ1) is 16.0. The van der Waals surface area contributed by atoms with Gasteiger partial charge >= 0.3 is 0 Å². The first-order valence-corrected chi connectivity index (χ1v) is 12.9. The zero-order valence-corrected chi connectivity index (χ0v) is 20.3. The van der Waals surface area contributed by atoms with Crippen molar-refractivity contribution in [2.75, 3.05) is 32.1 Å². The van der Waals surface area contributed by atoms with E-state index in [1.165, 1.54) is 24.5 Å². The molecule has 2 heterocycles. The van der Waals surface area contributed by atoms with Gasteiger partial charge in [0, 0.05) is 41.1 Å². The van der Waals surface area contributed by atoms with Crippen LogP contribution in [0.4, 0.5) is 4.39 Å². The smallest absolute Gasteiger partial charge is 0.121 e. The van der Waals surface area contributed by atoms with Gasteiger partial charge in [0.05, 0.1) is 18.9 Å². The van der Waals surface area contributed by atoms with Crippen LogP contribution in [-0.4, -0.2) is 42.7 Å². The van der Waals surface area contributed by atoms with E-state index < -0.39 is 0 Å². The Morgan fingerprint density at radius 1 is 1.33 bits per heavy atom. The maximum atomic E-state index is 13.6. The molecule has 1 unspecified atom stereocenters. The Bertz CT molecular complexity index is 974. The van der Waals surface area contributed by atoms with E-state index in [1.807, 2.05) is 12.2 Å². The molecule has 6 heteroatoms. The van der Waals surface area contributed by atoms with Crippen LogP contribution < -0.4 is 11.1 Å². The molecule has 2 aliphatic heterocycles. The largest absolute Gasteiger partial charge is 0.400 e. The molecular weight excluding hydrogens is 431 g/mol. The van der Waals surface area contributed by atoms with Crippen LogP contribution in [0.25, 0.3) is 0 Å². The molecule has 0 spiro atoms. The number of thioether (sulfide) groups is 1. The van der Waals surface area contributed by atoms with Gasteiger partial charge in [-0.15, -0.1) is 11.8 Å². The van der Waals surface area contributed by atoms with Gasteiger partial charge in [-0.05, 0) is 55.4 Å². The maximum absolute atomic E-state index is 13.6. The highest BCUT2D eigenvalue weighted by Crippen LogP contribution is 2.35. The number of nitrogens with zero attached hydrogens (tertiary/aromatic N) is 2. The third-order valence-electron chi connectivity index (χ3n) is 6.84.